The molecule has 0 saturated carbocycles. The first-order chi connectivity index (χ1) is 9.39. The number of anilines is 1. The lowest BCUT2D eigenvalue weighted by atomic mass is 9.78. The highest BCUT2D eigenvalue weighted by Gasteiger charge is 2.37. The first-order valence-electron chi connectivity index (χ1n) is 6.79. The first kappa shape index (κ1) is 14.2. The minimum absolute atomic E-state index is 0.0250. The van der Waals surface area contributed by atoms with Gasteiger partial charge >= 0.3 is 0 Å². The normalized spacial score (nSPS) is 25.1. The van der Waals surface area contributed by atoms with E-state index in [9.17, 15) is 9.59 Å². The Kier molecular flexibility index (Phi) is 3.49. The molecule has 1 amide bonds. The number of alkyl halides is 1. The van der Waals surface area contributed by atoms with Gasteiger partial charge in [-0.3, -0.25) is 14.5 Å². The monoisotopic (exact) mass is 356 g/mol. The van der Waals surface area contributed by atoms with Crippen molar-refractivity contribution in [1.82, 2.24) is 4.98 Å². The molecule has 108 valence electrons. The van der Waals surface area contributed by atoms with Gasteiger partial charge in [0, 0.05) is 24.7 Å². The number of hydrogen-bond acceptors (Lipinski definition) is 4. The average molecular weight is 357 g/mol. The second kappa shape index (κ2) is 4.91. The van der Waals surface area contributed by atoms with E-state index in [4.69, 9.17) is 0 Å². The highest BCUT2D eigenvalue weighted by Crippen LogP contribution is 2.40. The molecule has 0 bridgehead atoms. The molecule has 1 atom stereocenters. The van der Waals surface area contributed by atoms with Crippen molar-refractivity contribution in [1.29, 1.82) is 0 Å². The number of amides is 1. The molecule has 0 radical (unpaired) electrons. The molecule has 1 unspecified atom stereocenters. The number of rotatable bonds is 2. The van der Waals surface area contributed by atoms with E-state index in [2.05, 4.69) is 34.8 Å². The molecule has 6 heteroatoms. The molecule has 20 heavy (non-hydrogen) atoms. The molecular weight excluding hydrogens is 340 g/mol. The van der Waals surface area contributed by atoms with Crippen molar-refractivity contribution in [3.8, 4) is 0 Å². The summed E-state index contributed by atoms with van der Waals surface area (Å²) in [6, 6.07) is 0. The van der Waals surface area contributed by atoms with E-state index in [1.807, 2.05) is 0 Å². The molecule has 3 rings (SSSR count). The van der Waals surface area contributed by atoms with Gasteiger partial charge < -0.3 is 0 Å². The summed E-state index contributed by atoms with van der Waals surface area (Å²) in [6.45, 7) is 4.89. The van der Waals surface area contributed by atoms with Crippen molar-refractivity contribution in [3.63, 3.8) is 0 Å². The molecule has 1 aromatic heterocycles. The van der Waals surface area contributed by atoms with Gasteiger partial charge in [0.1, 0.15) is 0 Å². The zero-order valence-corrected chi connectivity index (χ0v) is 14.0. The summed E-state index contributed by atoms with van der Waals surface area (Å²) >= 11 is 4.82. The van der Waals surface area contributed by atoms with Crippen LogP contribution in [0.15, 0.2) is 0 Å². The van der Waals surface area contributed by atoms with Crippen LogP contribution in [0.25, 0.3) is 0 Å². The van der Waals surface area contributed by atoms with Crippen LogP contribution in [0.3, 0.4) is 0 Å². The van der Waals surface area contributed by atoms with E-state index in [0.29, 0.717) is 30.4 Å². The van der Waals surface area contributed by atoms with Gasteiger partial charge in [0.05, 0.1) is 10.6 Å². The zero-order chi connectivity index (χ0) is 14.5. The Morgan fingerprint density at radius 3 is 2.80 bits per heavy atom. The number of fused-ring (bicyclic) bond motifs is 1. The van der Waals surface area contributed by atoms with Crippen molar-refractivity contribution in [2.45, 2.75) is 33.1 Å². The lowest BCUT2D eigenvalue weighted by molar-refractivity contribution is -0.117. The molecular formula is C14H17BrN2O2S. The summed E-state index contributed by atoms with van der Waals surface area (Å²) in [5, 5.41) is 1.53. The van der Waals surface area contributed by atoms with Crippen LogP contribution in [0.1, 0.15) is 42.1 Å². The van der Waals surface area contributed by atoms with Crippen LogP contribution in [0, 0.1) is 11.3 Å². The quantitative estimate of drug-likeness (QED) is 0.765. The van der Waals surface area contributed by atoms with Crippen LogP contribution in [-0.4, -0.2) is 28.5 Å². The lowest BCUT2D eigenvalue weighted by Gasteiger charge is -2.26. The van der Waals surface area contributed by atoms with Gasteiger partial charge in [0.15, 0.2) is 10.9 Å². The van der Waals surface area contributed by atoms with Crippen molar-refractivity contribution in [2.75, 3.05) is 16.8 Å². The second-order valence-electron chi connectivity index (χ2n) is 6.44. The highest BCUT2D eigenvalue weighted by molar-refractivity contribution is 9.09. The van der Waals surface area contributed by atoms with E-state index in [1.165, 1.54) is 11.3 Å². The molecule has 1 aliphatic heterocycles. The number of thiazole rings is 1. The van der Waals surface area contributed by atoms with Gasteiger partial charge in [-0.25, -0.2) is 4.98 Å². The Labute approximate surface area is 130 Å². The van der Waals surface area contributed by atoms with Gasteiger partial charge in [-0.05, 0) is 17.8 Å². The molecule has 0 N–H and O–H groups in total. The Morgan fingerprint density at radius 2 is 2.15 bits per heavy atom. The maximum absolute atomic E-state index is 12.2. The smallest absolute Gasteiger partial charge is 0.229 e. The first-order valence-corrected chi connectivity index (χ1v) is 8.72. The van der Waals surface area contributed by atoms with E-state index >= 15 is 0 Å². The standard InChI is InChI=1S/C14H17BrN2O2S/c1-14(2)4-9-12(10(18)5-14)20-13(16-9)17-7-8(6-15)3-11(17)19/h8H,3-7H2,1-2H3. The number of nitrogens with zero attached hydrogens (tertiary/aromatic N) is 2. The number of halogens is 1. The van der Waals surface area contributed by atoms with Crippen LogP contribution in [0.2, 0.25) is 0 Å². The summed E-state index contributed by atoms with van der Waals surface area (Å²) in [6.07, 6.45) is 1.95. The number of carbonyl (C=O) groups is 2. The lowest BCUT2D eigenvalue weighted by Crippen LogP contribution is -2.26. The predicted molar refractivity (Wildman–Crippen MR) is 82.8 cm³/mol. The Morgan fingerprint density at radius 1 is 1.40 bits per heavy atom. The fourth-order valence-electron chi connectivity index (χ4n) is 2.89. The zero-order valence-electron chi connectivity index (χ0n) is 11.6. The average Bonchev–Trinajstić information content (AvgIpc) is 2.90. The fraction of sp³-hybridized carbons (Fsp3) is 0.643. The van der Waals surface area contributed by atoms with Gasteiger partial charge in [-0.15, -0.1) is 0 Å². The molecule has 1 saturated heterocycles. The van der Waals surface area contributed by atoms with Crippen LogP contribution in [0.4, 0.5) is 5.13 Å². The van der Waals surface area contributed by atoms with E-state index in [1.54, 1.807) is 4.90 Å². The van der Waals surface area contributed by atoms with Gasteiger partial charge in [-0.2, -0.15) is 0 Å². The number of carbonyl (C=O) groups excluding carboxylic acids is 2. The summed E-state index contributed by atoms with van der Waals surface area (Å²) in [5.74, 6) is 0.631. The molecule has 0 spiro atoms. The largest absolute Gasteiger partial charge is 0.293 e. The summed E-state index contributed by atoms with van der Waals surface area (Å²) < 4.78 is 0. The Balaban J connectivity index is 1.91. The summed E-state index contributed by atoms with van der Waals surface area (Å²) in [4.78, 5) is 31.3. The number of aromatic nitrogens is 1. The second-order valence-corrected chi connectivity index (χ2v) is 8.07. The molecule has 4 nitrogen and oxygen atoms in total. The number of Topliss-reactive ketones (excluding diaryl/α,β-unsaturated/α-hetero) is 1. The molecule has 2 heterocycles. The maximum atomic E-state index is 12.2. The van der Waals surface area contributed by atoms with E-state index < -0.39 is 0 Å². The fourth-order valence-corrected chi connectivity index (χ4v) is 4.37. The summed E-state index contributed by atoms with van der Waals surface area (Å²) in [5.41, 5.74) is 0.851. The van der Waals surface area contributed by atoms with Crippen LogP contribution >= 0.6 is 27.3 Å². The van der Waals surface area contributed by atoms with Crippen LogP contribution in [0.5, 0.6) is 0 Å². The SMILES string of the molecule is CC1(C)CC(=O)c2sc(N3CC(CBr)CC3=O)nc2C1. The molecule has 1 aromatic rings. The summed E-state index contributed by atoms with van der Waals surface area (Å²) in [7, 11) is 0. The number of ketones is 1. The van der Waals surface area contributed by atoms with Crippen LogP contribution in [-0.2, 0) is 11.2 Å². The predicted octanol–water partition coefficient (Wildman–Crippen LogP) is 3.05. The van der Waals surface area contributed by atoms with Gasteiger partial charge in [-0.1, -0.05) is 41.1 Å². The third-order valence-corrected chi connectivity index (χ3v) is 5.96. The molecule has 1 aliphatic carbocycles. The molecule has 1 fully saturated rings. The van der Waals surface area contributed by atoms with Crippen LogP contribution < -0.4 is 4.90 Å². The highest BCUT2D eigenvalue weighted by atomic mass is 79.9. The molecule has 2 aliphatic rings. The minimum atomic E-state index is -0.0250. The van der Waals surface area contributed by atoms with E-state index in [0.717, 1.165) is 22.3 Å². The topological polar surface area (TPSA) is 50.3 Å². The van der Waals surface area contributed by atoms with Gasteiger partial charge in [0.2, 0.25) is 5.91 Å². The minimum Gasteiger partial charge on any atom is -0.293 e. The maximum Gasteiger partial charge on any atom is 0.229 e. The molecule has 0 aromatic carbocycles. The van der Waals surface area contributed by atoms with Crippen molar-refractivity contribution >= 4 is 44.1 Å². The van der Waals surface area contributed by atoms with E-state index in [-0.39, 0.29) is 17.1 Å². The number of hydrogen-bond donors (Lipinski definition) is 0. The van der Waals surface area contributed by atoms with Gasteiger partial charge in [0.25, 0.3) is 0 Å². The van der Waals surface area contributed by atoms with Crippen molar-refractivity contribution < 1.29 is 9.59 Å². The van der Waals surface area contributed by atoms with Crippen molar-refractivity contribution in [3.05, 3.63) is 10.6 Å². The third kappa shape index (κ3) is 2.44. The Hall–Kier alpha value is -0.750. The van der Waals surface area contributed by atoms with Crippen molar-refractivity contribution in [2.24, 2.45) is 11.3 Å². The third-order valence-electron chi connectivity index (χ3n) is 3.88. The Bertz CT molecular complexity index is 582.